The van der Waals surface area contributed by atoms with E-state index >= 15 is 0 Å². The Kier molecular flexibility index (Phi) is 5.08. The number of carbonyl (C=O) groups excluding carboxylic acids is 1. The number of likely N-dealkylation sites (tertiary alicyclic amines) is 1. The molecule has 3 rings (SSSR count). The second kappa shape index (κ2) is 7.43. The molecule has 0 spiro atoms. The van der Waals surface area contributed by atoms with E-state index in [1.165, 1.54) is 5.56 Å². The first-order valence-corrected chi connectivity index (χ1v) is 8.35. The van der Waals surface area contributed by atoms with Crippen LogP contribution in [0.4, 0.5) is 5.69 Å². The number of H-pyrrole nitrogens is 1. The average molecular weight is 343 g/mol. The van der Waals surface area contributed by atoms with Crippen molar-refractivity contribution >= 4 is 11.6 Å². The minimum Gasteiger partial charge on any atom is -0.333 e. The maximum absolute atomic E-state index is 12.7. The van der Waals surface area contributed by atoms with Crippen molar-refractivity contribution in [2.45, 2.75) is 25.9 Å². The maximum Gasteiger partial charge on any atom is 0.319 e. The number of aromatic amines is 1. The van der Waals surface area contributed by atoms with Gasteiger partial charge in [0.2, 0.25) is 5.69 Å². The van der Waals surface area contributed by atoms with Crippen molar-refractivity contribution in [3.05, 3.63) is 57.9 Å². The van der Waals surface area contributed by atoms with E-state index in [-0.39, 0.29) is 23.3 Å². The summed E-state index contributed by atoms with van der Waals surface area (Å²) in [6, 6.07) is 10.2. The molecule has 2 heterocycles. The number of amides is 1. The van der Waals surface area contributed by atoms with E-state index in [2.05, 4.69) is 27.2 Å². The highest BCUT2D eigenvalue weighted by Gasteiger charge is 2.34. The smallest absolute Gasteiger partial charge is 0.319 e. The Labute approximate surface area is 145 Å². The summed E-state index contributed by atoms with van der Waals surface area (Å²) < 4.78 is 0. The van der Waals surface area contributed by atoms with Crippen molar-refractivity contribution in [1.29, 1.82) is 0 Å². The van der Waals surface area contributed by atoms with Crippen molar-refractivity contribution in [1.82, 2.24) is 20.0 Å². The van der Waals surface area contributed by atoms with Gasteiger partial charge >= 0.3 is 5.69 Å². The molecule has 1 atom stereocenters. The molecule has 0 unspecified atom stereocenters. The molecule has 2 aromatic rings. The minimum absolute atomic E-state index is 0.0455. The highest BCUT2D eigenvalue weighted by Crippen LogP contribution is 2.22. The zero-order chi connectivity index (χ0) is 17.8. The molecule has 1 amide bonds. The molecule has 1 saturated heterocycles. The molecule has 1 aliphatic heterocycles. The lowest BCUT2D eigenvalue weighted by Gasteiger charge is -2.27. The number of hydrogen-bond acceptors (Lipinski definition) is 5. The van der Waals surface area contributed by atoms with Crippen molar-refractivity contribution in [2.24, 2.45) is 0 Å². The van der Waals surface area contributed by atoms with Crippen LogP contribution in [0, 0.1) is 10.1 Å². The molecule has 132 valence electrons. The van der Waals surface area contributed by atoms with Gasteiger partial charge in [0.15, 0.2) is 0 Å². The third-order valence-corrected chi connectivity index (χ3v) is 4.57. The van der Waals surface area contributed by atoms with Crippen molar-refractivity contribution in [2.75, 3.05) is 19.6 Å². The van der Waals surface area contributed by atoms with E-state index in [1.807, 2.05) is 25.1 Å². The summed E-state index contributed by atoms with van der Waals surface area (Å²) in [4.78, 5) is 27.2. The number of benzene rings is 1. The topological polar surface area (TPSA) is 95.4 Å². The van der Waals surface area contributed by atoms with E-state index in [4.69, 9.17) is 0 Å². The van der Waals surface area contributed by atoms with Gasteiger partial charge in [0.05, 0.1) is 4.92 Å². The standard InChI is InChI=1S/C17H21N5O3/c1-2-21(17(23)16-15(22(24)25)10-18-19-16)14-8-9-20(12-14)11-13-6-4-3-5-7-13/h3-7,10,14H,2,8-9,11-12H2,1H3,(H,18,19)/t14-/m1/s1. The molecule has 0 bridgehead atoms. The van der Waals surface area contributed by atoms with E-state index in [0.717, 1.165) is 32.3 Å². The van der Waals surface area contributed by atoms with Gasteiger partial charge in [0.1, 0.15) is 6.20 Å². The lowest BCUT2D eigenvalue weighted by Crippen LogP contribution is -2.42. The Balaban J connectivity index is 1.68. The largest absolute Gasteiger partial charge is 0.333 e. The molecule has 1 fully saturated rings. The fourth-order valence-corrected chi connectivity index (χ4v) is 3.34. The van der Waals surface area contributed by atoms with E-state index in [1.54, 1.807) is 4.90 Å². The SMILES string of the molecule is CCN(C(=O)c1[nH]ncc1[N+](=O)[O-])[C@@H]1CCN(Cc2ccccc2)C1. The van der Waals surface area contributed by atoms with Crippen LogP contribution in [0.3, 0.4) is 0 Å². The summed E-state index contributed by atoms with van der Waals surface area (Å²) in [6.07, 6.45) is 1.94. The predicted octanol–water partition coefficient (Wildman–Crippen LogP) is 2.05. The monoisotopic (exact) mass is 343 g/mol. The van der Waals surface area contributed by atoms with Gasteiger partial charge in [-0.15, -0.1) is 0 Å². The number of nitro groups is 1. The zero-order valence-electron chi connectivity index (χ0n) is 14.1. The van der Waals surface area contributed by atoms with Gasteiger partial charge < -0.3 is 4.90 Å². The molecule has 0 radical (unpaired) electrons. The van der Waals surface area contributed by atoms with Gasteiger partial charge in [-0.05, 0) is 18.9 Å². The summed E-state index contributed by atoms with van der Waals surface area (Å²) >= 11 is 0. The summed E-state index contributed by atoms with van der Waals surface area (Å²) in [6.45, 7) is 4.89. The number of nitrogens with zero attached hydrogens (tertiary/aromatic N) is 4. The second-order valence-corrected chi connectivity index (χ2v) is 6.14. The normalized spacial score (nSPS) is 17.6. The van der Waals surface area contributed by atoms with Crippen molar-refractivity contribution in [3.8, 4) is 0 Å². The van der Waals surface area contributed by atoms with Gasteiger partial charge in [-0.25, -0.2) is 0 Å². The molecule has 8 nitrogen and oxygen atoms in total. The Morgan fingerprint density at radius 3 is 2.88 bits per heavy atom. The summed E-state index contributed by atoms with van der Waals surface area (Å²) in [5.41, 5.74) is 0.915. The van der Waals surface area contributed by atoms with E-state index < -0.39 is 4.92 Å². The van der Waals surface area contributed by atoms with Crippen LogP contribution in [-0.2, 0) is 6.54 Å². The molecule has 1 N–H and O–H groups in total. The predicted molar refractivity (Wildman–Crippen MR) is 92.1 cm³/mol. The van der Waals surface area contributed by atoms with Gasteiger partial charge in [0.25, 0.3) is 5.91 Å². The first-order chi connectivity index (χ1) is 12.1. The lowest BCUT2D eigenvalue weighted by atomic mass is 10.2. The first-order valence-electron chi connectivity index (χ1n) is 8.35. The van der Waals surface area contributed by atoms with Crippen molar-refractivity contribution < 1.29 is 9.72 Å². The maximum atomic E-state index is 12.7. The molecule has 1 aromatic carbocycles. The molecular formula is C17H21N5O3. The molecule has 1 aromatic heterocycles. The molecule has 25 heavy (non-hydrogen) atoms. The lowest BCUT2D eigenvalue weighted by molar-refractivity contribution is -0.385. The van der Waals surface area contributed by atoms with Crippen LogP contribution in [-0.4, -0.2) is 56.5 Å². The molecular weight excluding hydrogens is 322 g/mol. The number of carbonyl (C=O) groups is 1. The Bertz CT molecular complexity index is 746. The fraction of sp³-hybridized carbons (Fsp3) is 0.412. The third-order valence-electron chi connectivity index (χ3n) is 4.57. The van der Waals surface area contributed by atoms with Crippen LogP contribution in [0.5, 0.6) is 0 Å². The van der Waals surface area contributed by atoms with Crippen LogP contribution in [0.1, 0.15) is 29.4 Å². The summed E-state index contributed by atoms with van der Waals surface area (Å²) in [5, 5.41) is 17.2. The Hall–Kier alpha value is -2.74. The van der Waals surface area contributed by atoms with Crippen LogP contribution < -0.4 is 0 Å². The van der Waals surface area contributed by atoms with Crippen LogP contribution in [0.2, 0.25) is 0 Å². The number of hydrogen-bond donors (Lipinski definition) is 1. The molecule has 8 heteroatoms. The number of aromatic nitrogens is 2. The fourth-order valence-electron chi connectivity index (χ4n) is 3.34. The Morgan fingerprint density at radius 2 is 2.20 bits per heavy atom. The summed E-state index contributed by atoms with van der Waals surface area (Å²) in [5.74, 6) is -0.363. The van der Waals surface area contributed by atoms with Crippen LogP contribution in [0.25, 0.3) is 0 Å². The molecule has 0 saturated carbocycles. The van der Waals surface area contributed by atoms with Gasteiger partial charge in [-0.2, -0.15) is 5.10 Å². The third kappa shape index (κ3) is 3.69. The number of nitrogens with one attached hydrogen (secondary N) is 1. The highest BCUT2D eigenvalue weighted by atomic mass is 16.6. The zero-order valence-corrected chi connectivity index (χ0v) is 14.1. The van der Waals surface area contributed by atoms with Crippen LogP contribution >= 0.6 is 0 Å². The summed E-state index contributed by atoms with van der Waals surface area (Å²) in [7, 11) is 0. The van der Waals surface area contributed by atoms with Crippen LogP contribution in [0.15, 0.2) is 36.5 Å². The second-order valence-electron chi connectivity index (χ2n) is 6.14. The average Bonchev–Trinajstić information content (AvgIpc) is 3.26. The molecule has 1 aliphatic rings. The van der Waals surface area contributed by atoms with Gasteiger partial charge in [-0.3, -0.25) is 24.9 Å². The number of likely N-dealkylation sites (N-methyl/N-ethyl adjacent to an activating group) is 1. The quantitative estimate of drug-likeness (QED) is 0.640. The Morgan fingerprint density at radius 1 is 1.44 bits per heavy atom. The van der Waals surface area contributed by atoms with E-state index in [9.17, 15) is 14.9 Å². The number of rotatable bonds is 6. The van der Waals surface area contributed by atoms with Gasteiger partial charge in [0, 0.05) is 32.2 Å². The first kappa shape index (κ1) is 17.1. The van der Waals surface area contributed by atoms with Gasteiger partial charge in [-0.1, -0.05) is 30.3 Å². The highest BCUT2D eigenvalue weighted by molar-refractivity contribution is 5.96. The molecule has 0 aliphatic carbocycles. The van der Waals surface area contributed by atoms with E-state index in [0.29, 0.717) is 6.54 Å². The minimum atomic E-state index is -0.582. The van der Waals surface area contributed by atoms with Crippen molar-refractivity contribution in [3.63, 3.8) is 0 Å².